The van der Waals surface area contributed by atoms with Gasteiger partial charge in [0.1, 0.15) is 0 Å². The lowest BCUT2D eigenvalue weighted by atomic mass is 9.52. The summed E-state index contributed by atoms with van der Waals surface area (Å²) < 4.78 is 13.8. The molecular weight excluding hydrogens is 437 g/mol. The van der Waals surface area contributed by atoms with Gasteiger partial charge in [-0.25, -0.2) is 4.98 Å². The minimum atomic E-state index is -4.76. The van der Waals surface area contributed by atoms with Gasteiger partial charge in [0.25, 0.3) is 5.56 Å². The number of benzene rings is 1. The summed E-state index contributed by atoms with van der Waals surface area (Å²) in [6.45, 7) is 0. The van der Waals surface area contributed by atoms with Gasteiger partial charge in [-0.3, -0.25) is 14.3 Å². The van der Waals surface area contributed by atoms with Crippen LogP contribution in [0.25, 0.3) is 11.0 Å². The maximum Gasteiger partial charge on any atom is 0.380 e. The monoisotopic (exact) mass is 469 g/mol. The molecule has 3 atom stereocenters. The first-order chi connectivity index (χ1) is 15.8. The Morgan fingerprint density at radius 1 is 0.879 bits per heavy atom. The van der Waals surface area contributed by atoms with Crippen molar-refractivity contribution in [1.29, 1.82) is 0 Å². The minimum Gasteiger partial charge on any atom is -0.320 e. The zero-order chi connectivity index (χ0) is 22.5. The lowest BCUT2D eigenvalue weighted by Gasteiger charge is -2.63. The molecule has 6 aliphatic rings. The van der Waals surface area contributed by atoms with E-state index in [4.69, 9.17) is 0 Å². The molecule has 33 heavy (non-hydrogen) atoms. The summed E-state index contributed by atoms with van der Waals surface area (Å²) in [5.74, 6) is 2.72. The third kappa shape index (κ3) is 3.09. The molecule has 6 bridgehead atoms. The third-order valence-electron chi connectivity index (χ3n) is 9.68. The van der Waals surface area contributed by atoms with E-state index < -0.39 is 18.6 Å². The Morgan fingerprint density at radius 2 is 1.45 bits per heavy atom. The molecule has 3 heterocycles. The molecule has 8 rings (SSSR count). The molecule has 1 aromatic carbocycles. The average Bonchev–Trinajstić information content (AvgIpc) is 3.03. The number of nitrogens with zero attached hydrogens (tertiary/aromatic N) is 3. The quantitative estimate of drug-likeness (QED) is 0.670. The van der Waals surface area contributed by atoms with E-state index in [1.807, 2.05) is 12.1 Å². The molecule has 0 radical (unpaired) electrons. The van der Waals surface area contributed by atoms with Crippen LogP contribution in [-0.2, 0) is 4.57 Å². The summed E-state index contributed by atoms with van der Waals surface area (Å²) in [6, 6.07) is 8.15. The van der Waals surface area contributed by atoms with E-state index in [2.05, 4.69) is 9.88 Å². The molecule has 8 heteroatoms. The molecule has 4 saturated carbocycles. The predicted molar refractivity (Wildman–Crippen MR) is 126 cm³/mol. The van der Waals surface area contributed by atoms with Crippen LogP contribution in [0.1, 0.15) is 70.3 Å². The maximum atomic E-state index is 13.4. The standard InChI is InChI=1S/C25H32N3O4P/c29-24-23(33(30,31)32)26-21-3-1-2-4-22(21)27(24)20-10-18-5-6-19(11-20)28(18)25-12-15-7-16(13-25)9-17(8-15)14-25/h1-4,15-20H,5-14H2,(H2,30,31,32)/t15?,16?,17?,18-,19+,20+,25?. The highest BCUT2D eigenvalue weighted by atomic mass is 31.2. The van der Waals surface area contributed by atoms with E-state index in [-0.39, 0.29) is 6.04 Å². The van der Waals surface area contributed by atoms with Crippen LogP contribution in [0, 0.1) is 17.8 Å². The zero-order valence-electron chi connectivity index (χ0n) is 18.8. The number of para-hydroxylation sites is 2. The summed E-state index contributed by atoms with van der Waals surface area (Å²) in [7, 11) is -4.76. The van der Waals surface area contributed by atoms with Gasteiger partial charge < -0.3 is 14.4 Å². The predicted octanol–water partition coefficient (Wildman–Crippen LogP) is 3.34. The first-order valence-corrected chi connectivity index (χ1v) is 14.3. The third-order valence-corrected chi connectivity index (χ3v) is 10.5. The fraction of sp³-hybridized carbons (Fsp3) is 0.680. The van der Waals surface area contributed by atoms with Crippen molar-refractivity contribution in [3.8, 4) is 0 Å². The maximum absolute atomic E-state index is 13.4. The van der Waals surface area contributed by atoms with Crippen LogP contribution < -0.4 is 11.0 Å². The Kier molecular flexibility index (Phi) is 4.42. The van der Waals surface area contributed by atoms with Gasteiger partial charge >= 0.3 is 7.60 Å². The molecule has 2 N–H and O–H groups in total. The molecule has 0 unspecified atom stereocenters. The van der Waals surface area contributed by atoms with Gasteiger partial charge in [-0.15, -0.1) is 0 Å². The van der Waals surface area contributed by atoms with Crippen LogP contribution in [0.5, 0.6) is 0 Å². The van der Waals surface area contributed by atoms with Crippen molar-refractivity contribution in [1.82, 2.24) is 14.5 Å². The first-order valence-electron chi connectivity index (χ1n) is 12.7. The van der Waals surface area contributed by atoms with E-state index in [1.54, 1.807) is 16.7 Å². The van der Waals surface area contributed by atoms with Crippen molar-refractivity contribution >= 4 is 24.1 Å². The van der Waals surface area contributed by atoms with E-state index >= 15 is 0 Å². The fourth-order valence-corrected chi connectivity index (χ4v) is 9.80. The summed E-state index contributed by atoms with van der Waals surface area (Å²) in [5.41, 5.74) is 0.304. The van der Waals surface area contributed by atoms with Crippen molar-refractivity contribution in [2.24, 2.45) is 17.8 Å². The van der Waals surface area contributed by atoms with Crippen LogP contribution in [-0.4, -0.2) is 41.9 Å². The number of hydrogen-bond acceptors (Lipinski definition) is 4. The summed E-state index contributed by atoms with van der Waals surface area (Å²) in [6.07, 6.45) is 12.5. The van der Waals surface area contributed by atoms with E-state index in [9.17, 15) is 19.1 Å². The second-order valence-corrected chi connectivity index (χ2v) is 13.2. The lowest BCUT2D eigenvalue weighted by Crippen LogP contribution is -2.64. The molecule has 4 aliphatic carbocycles. The second-order valence-electron chi connectivity index (χ2n) is 11.7. The summed E-state index contributed by atoms with van der Waals surface area (Å²) >= 11 is 0. The molecule has 2 aromatic rings. The van der Waals surface area contributed by atoms with E-state index in [0.717, 1.165) is 30.6 Å². The molecule has 1 aromatic heterocycles. The van der Waals surface area contributed by atoms with Crippen molar-refractivity contribution in [3.05, 3.63) is 34.6 Å². The highest BCUT2D eigenvalue weighted by Crippen LogP contribution is 2.61. The molecule has 2 saturated heterocycles. The number of fused-ring (bicyclic) bond motifs is 3. The Morgan fingerprint density at radius 3 is 2.03 bits per heavy atom. The number of hydrogen-bond donors (Lipinski definition) is 2. The van der Waals surface area contributed by atoms with Crippen LogP contribution in [0.2, 0.25) is 0 Å². The molecule has 6 fully saturated rings. The highest BCUT2D eigenvalue weighted by molar-refractivity contribution is 7.59. The summed E-state index contributed by atoms with van der Waals surface area (Å²) in [4.78, 5) is 40.0. The Hall–Kier alpha value is -1.53. The smallest absolute Gasteiger partial charge is 0.320 e. The van der Waals surface area contributed by atoms with Crippen molar-refractivity contribution in [2.45, 2.75) is 87.9 Å². The SMILES string of the molecule is O=c1c(P(=O)(O)O)nc2ccccc2n1[C@H]1C[C@H]2CC[C@@H](C1)N2C12CC3CC(CC(C3)C1)C2. The normalized spacial score (nSPS) is 40.1. The van der Waals surface area contributed by atoms with Gasteiger partial charge in [-0.05, 0) is 94.1 Å². The lowest BCUT2D eigenvalue weighted by molar-refractivity contribution is -0.121. The van der Waals surface area contributed by atoms with Crippen LogP contribution in [0.3, 0.4) is 0 Å². The summed E-state index contributed by atoms with van der Waals surface area (Å²) in [5, 5.41) is 0. The number of aromatic nitrogens is 2. The average molecular weight is 470 g/mol. The Bertz CT molecular complexity index is 1190. The van der Waals surface area contributed by atoms with E-state index in [1.165, 1.54) is 51.4 Å². The van der Waals surface area contributed by atoms with Gasteiger partial charge in [0.15, 0.2) is 0 Å². The second kappa shape index (κ2) is 7.00. The number of rotatable bonds is 3. The van der Waals surface area contributed by atoms with Gasteiger partial charge in [0.05, 0.1) is 11.0 Å². The van der Waals surface area contributed by atoms with Crippen molar-refractivity contribution in [2.75, 3.05) is 0 Å². The van der Waals surface area contributed by atoms with Crippen LogP contribution in [0.15, 0.2) is 29.1 Å². The molecule has 2 aliphatic heterocycles. The van der Waals surface area contributed by atoms with E-state index in [0.29, 0.717) is 28.7 Å². The molecule has 0 spiro atoms. The minimum absolute atomic E-state index is 0.0432. The van der Waals surface area contributed by atoms with Gasteiger partial charge in [0.2, 0.25) is 5.44 Å². The van der Waals surface area contributed by atoms with Crippen LogP contribution >= 0.6 is 7.60 Å². The zero-order valence-corrected chi connectivity index (χ0v) is 19.7. The molecule has 0 amide bonds. The molecule has 176 valence electrons. The van der Waals surface area contributed by atoms with Crippen molar-refractivity contribution < 1.29 is 14.4 Å². The molecular formula is C25H32N3O4P. The molecule has 7 nitrogen and oxygen atoms in total. The fourth-order valence-electron chi connectivity index (χ4n) is 9.21. The van der Waals surface area contributed by atoms with Gasteiger partial charge in [-0.1, -0.05) is 12.1 Å². The largest absolute Gasteiger partial charge is 0.380 e. The Balaban J connectivity index is 1.28. The first kappa shape index (κ1) is 20.8. The number of piperidine rings is 1. The van der Waals surface area contributed by atoms with Crippen molar-refractivity contribution in [3.63, 3.8) is 0 Å². The van der Waals surface area contributed by atoms with Crippen LogP contribution in [0.4, 0.5) is 0 Å². The highest BCUT2D eigenvalue weighted by Gasteiger charge is 2.58. The Labute approximate surface area is 193 Å². The topological polar surface area (TPSA) is 95.7 Å². The van der Waals surface area contributed by atoms with Gasteiger partial charge in [0, 0.05) is 23.7 Å². The van der Waals surface area contributed by atoms with Gasteiger partial charge in [-0.2, -0.15) is 0 Å².